The summed E-state index contributed by atoms with van der Waals surface area (Å²) in [4.78, 5) is 26.9. The van der Waals surface area contributed by atoms with Crippen LogP contribution in [-0.4, -0.2) is 29.8 Å². The Morgan fingerprint density at radius 3 is 2.46 bits per heavy atom. The molecular formula is C22H22IN3O2. The quantitative estimate of drug-likeness (QED) is 0.386. The number of amides is 2. The molecule has 0 aliphatic carbocycles. The molecule has 2 N–H and O–H groups in total. The Balaban J connectivity index is 1.54. The van der Waals surface area contributed by atoms with Crippen LogP contribution in [0.5, 0.6) is 0 Å². The Hall–Kier alpha value is -2.19. The van der Waals surface area contributed by atoms with Crippen LogP contribution in [0.2, 0.25) is 0 Å². The zero-order chi connectivity index (χ0) is 19.7. The van der Waals surface area contributed by atoms with E-state index in [4.69, 9.17) is 0 Å². The lowest BCUT2D eigenvalue weighted by atomic mass is 9.95. The van der Waals surface area contributed by atoms with Crippen molar-refractivity contribution >= 4 is 45.7 Å². The lowest BCUT2D eigenvalue weighted by molar-refractivity contribution is -0.114. The summed E-state index contributed by atoms with van der Waals surface area (Å²) in [6.07, 6.45) is 4.24. The molecule has 144 valence electrons. The highest BCUT2D eigenvalue weighted by Gasteiger charge is 2.27. The zero-order valence-corrected chi connectivity index (χ0v) is 17.8. The first kappa shape index (κ1) is 19.1. The summed E-state index contributed by atoms with van der Waals surface area (Å²) in [5, 5.41) is 5.61. The van der Waals surface area contributed by atoms with Crippen LogP contribution in [0.4, 0.5) is 5.69 Å². The van der Waals surface area contributed by atoms with Crippen molar-refractivity contribution in [1.29, 1.82) is 0 Å². The van der Waals surface area contributed by atoms with E-state index in [1.807, 2.05) is 24.3 Å². The molecule has 2 aliphatic heterocycles. The maximum Gasteiger partial charge on any atom is 0.260 e. The fraction of sp³-hybridized carbons (Fsp3) is 0.273. The molecule has 5 nitrogen and oxygen atoms in total. The second kappa shape index (κ2) is 8.05. The number of likely N-dealkylation sites (tertiary alicyclic amines) is 1. The number of hydrogen-bond donors (Lipinski definition) is 2. The van der Waals surface area contributed by atoms with Crippen molar-refractivity contribution in [2.45, 2.75) is 25.8 Å². The molecule has 1 saturated heterocycles. The first-order valence-electron chi connectivity index (χ1n) is 9.49. The Kier molecular flexibility index (Phi) is 5.50. The van der Waals surface area contributed by atoms with Crippen molar-refractivity contribution in [3.05, 3.63) is 68.9 Å². The number of rotatable bonds is 4. The molecule has 0 radical (unpaired) electrons. The predicted molar refractivity (Wildman–Crippen MR) is 119 cm³/mol. The van der Waals surface area contributed by atoms with Crippen molar-refractivity contribution < 1.29 is 9.59 Å². The van der Waals surface area contributed by atoms with E-state index in [9.17, 15) is 9.59 Å². The number of nitrogens with one attached hydrogen (secondary N) is 2. The van der Waals surface area contributed by atoms with Crippen LogP contribution in [-0.2, 0) is 4.79 Å². The Bertz CT molecular complexity index is 947. The van der Waals surface area contributed by atoms with E-state index in [2.05, 4.69) is 57.2 Å². The Labute approximate surface area is 178 Å². The predicted octanol–water partition coefficient (Wildman–Crippen LogP) is 4.17. The van der Waals surface area contributed by atoms with Crippen LogP contribution in [0.25, 0.3) is 5.57 Å². The smallest absolute Gasteiger partial charge is 0.260 e. The van der Waals surface area contributed by atoms with Crippen LogP contribution < -0.4 is 10.6 Å². The Morgan fingerprint density at radius 2 is 1.75 bits per heavy atom. The lowest BCUT2D eigenvalue weighted by Gasteiger charge is -2.24. The van der Waals surface area contributed by atoms with Gasteiger partial charge in [-0.05, 0) is 91.3 Å². The molecule has 0 aromatic heterocycles. The number of hydrogen-bond acceptors (Lipinski definition) is 4. The van der Waals surface area contributed by atoms with Gasteiger partial charge in [0.25, 0.3) is 11.8 Å². The lowest BCUT2D eigenvalue weighted by Crippen LogP contribution is -2.36. The fourth-order valence-corrected chi connectivity index (χ4v) is 4.28. The third kappa shape index (κ3) is 3.84. The van der Waals surface area contributed by atoms with Gasteiger partial charge >= 0.3 is 0 Å². The molecule has 2 amide bonds. The van der Waals surface area contributed by atoms with Crippen molar-refractivity contribution in [3.8, 4) is 0 Å². The molecule has 0 bridgehead atoms. The van der Waals surface area contributed by atoms with Crippen LogP contribution in [0.15, 0.2) is 48.7 Å². The topological polar surface area (TPSA) is 61.4 Å². The Morgan fingerprint density at radius 1 is 1.04 bits per heavy atom. The van der Waals surface area contributed by atoms with Crippen molar-refractivity contribution in [2.75, 3.05) is 18.4 Å². The van der Waals surface area contributed by atoms with Gasteiger partial charge in [-0.2, -0.15) is 0 Å². The zero-order valence-electron chi connectivity index (χ0n) is 15.7. The monoisotopic (exact) mass is 487 g/mol. The molecule has 2 heterocycles. The molecule has 2 aromatic rings. The molecule has 0 spiro atoms. The van der Waals surface area contributed by atoms with Crippen molar-refractivity contribution in [2.24, 2.45) is 0 Å². The highest BCUT2D eigenvalue weighted by Crippen LogP contribution is 2.28. The third-order valence-corrected chi connectivity index (χ3v) is 6.12. The minimum atomic E-state index is -0.383. The molecule has 1 fully saturated rings. The molecule has 2 aliphatic rings. The molecule has 28 heavy (non-hydrogen) atoms. The summed E-state index contributed by atoms with van der Waals surface area (Å²) in [5.74, 6) is -0.736. The largest absolute Gasteiger partial charge is 0.361 e. The summed E-state index contributed by atoms with van der Waals surface area (Å²) in [6, 6.07) is 14.2. The van der Waals surface area contributed by atoms with Crippen LogP contribution in [0.1, 0.15) is 47.3 Å². The average Bonchev–Trinajstić information content (AvgIpc) is 3.22. The summed E-state index contributed by atoms with van der Waals surface area (Å²) in [7, 11) is 0. The van der Waals surface area contributed by atoms with E-state index in [0.29, 0.717) is 22.7 Å². The number of carbonyl (C=O) groups is 2. The molecule has 0 saturated carbocycles. The maximum atomic E-state index is 12.3. The van der Waals surface area contributed by atoms with Gasteiger partial charge < -0.3 is 5.32 Å². The SMILES string of the molecule is CC(c1ccc(N/C=C2\C(=O)NC(=O)c3ccc(I)cc32)cc1)N1CCCC1. The summed E-state index contributed by atoms with van der Waals surface area (Å²) < 4.78 is 0.977. The first-order valence-corrected chi connectivity index (χ1v) is 10.6. The minimum Gasteiger partial charge on any atom is -0.361 e. The summed E-state index contributed by atoms with van der Waals surface area (Å²) in [6.45, 7) is 4.58. The van der Waals surface area contributed by atoms with Gasteiger partial charge in [-0.1, -0.05) is 12.1 Å². The van der Waals surface area contributed by atoms with Gasteiger partial charge in [0.2, 0.25) is 0 Å². The van der Waals surface area contributed by atoms with E-state index < -0.39 is 0 Å². The average molecular weight is 487 g/mol. The minimum absolute atomic E-state index is 0.353. The van der Waals surface area contributed by atoms with Crippen molar-refractivity contribution in [3.63, 3.8) is 0 Å². The highest BCUT2D eigenvalue weighted by atomic mass is 127. The van der Waals surface area contributed by atoms with Crippen LogP contribution in [0.3, 0.4) is 0 Å². The number of fused-ring (bicyclic) bond motifs is 1. The number of benzene rings is 2. The maximum absolute atomic E-state index is 12.3. The van der Waals surface area contributed by atoms with E-state index in [1.54, 1.807) is 12.3 Å². The van der Waals surface area contributed by atoms with Gasteiger partial charge in [0.1, 0.15) is 0 Å². The standard InChI is InChI=1S/C22H22IN3O2/c1-14(26-10-2-3-11-26)15-4-7-17(8-5-15)24-13-20-19-12-16(23)6-9-18(19)21(27)25-22(20)28/h4-9,12-14,24H,2-3,10-11H2,1H3,(H,25,27,28)/b20-13-. The van der Waals surface area contributed by atoms with Gasteiger partial charge in [-0.15, -0.1) is 0 Å². The molecular weight excluding hydrogens is 465 g/mol. The van der Waals surface area contributed by atoms with Crippen LogP contribution >= 0.6 is 22.6 Å². The third-order valence-electron chi connectivity index (χ3n) is 5.45. The summed E-state index contributed by atoms with van der Waals surface area (Å²) in [5.41, 5.74) is 3.83. The van der Waals surface area contributed by atoms with Gasteiger partial charge in [0, 0.05) is 32.6 Å². The number of nitrogens with zero attached hydrogens (tertiary/aromatic N) is 1. The van der Waals surface area contributed by atoms with Gasteiger partial charge in [0.15, 0.2) is 0 Å². The molecule has 6 heteroatoms. The number of imide groups is 1. The fourth-order valence-electron chi connectivity index (χ4n) is 3.79. The second-order valence-electron chi connectivity index (χ2n) is 7.22. The van der Waals surface area contributed by atoms with Gasteiger partial charge in [-0.25, -0.2) is 0 Å². The first-order chi connectivity index (χ1) is 13.5. The normalized spacial score (nSPS) is 19.4. The number of carbonyl (C=O) groups excluding carboxylic acids is 2. The van der Waals surface area contributed by atoms with Gasteiger partial charge in [0.05, 0.1) is 5.57 Å². The molecule has 2 aromatic carbocycles. The molecule has 1 atom stereocenters. The van der Waals surface area contributed by atoms with E-state index >= 15 is 0 Å². The van der Waals surface area contributed by atoms with E-state index in [0.717, 1.165) is 9.26 Å². The van der Waals surface area contributed by atoms with E-state index in [-0.39, 0.29) is 11.8 Å². The van der Waals surface area contributed by atoms with Crippen molar-refractivity contribution in [1.82, 2.24) is 10.2 Å². The highest BCUT2D eigenvalue weighted by molar-refractivity contribution is 14.1. The van der Waals surface area contributed by atoms with Gasteiger partial charge in [-0.3, -0.25) is 19.8 Å². The van der Waals surface area contributed by atoms with Crippen LogP contribution in [0, 0.1) is 3.57 Å². The number of halogens is 1. The number of anilines is 1. The van der Waals surface area contributed by atoms with E-state index in [1.165, 1.54) is 31.5 Å². The molecule has 1 unspecified atom stereocenters. The second-order valence-corrected chi connectivity index (χ2v) is 8.46. The molecule has 4 rings (SSSR count). The summed E-state index contributed by atoms with van der Waals surface area (Å²) >= 11 is 2.18.